The van der Waals surface area contributed by atoms with Gasteiger partial charge in [-0.05, 0) is 39.5 Å². The molecule has 0 saturated carbocycles. The van der Waals surface area contributed by atoms with E-state index in [9.17, 15) is 18.0 Å². The fraction of sp³-hybridized carbons (Fsp3) is 0.706. The molecule has 1 aliphatic rings. The average Bonchev–Trinajstić information content (AvgIpc) is 2.50. The van der Waals surface area contributed by atoms with Gasteiger partial charge in [0.2, 0.25) is 5.88 Å². The monoisotopic (exact) mass is 375 g/mol. The lowest BCUT2D eigenvalue weighted by atomic mass is 9.93. The van der Waals surface area contributed by atoms with Crippen LogP contribution < -0.4 is 4.74 Å². The topological polar surface area (TPSA) is 64.6 Å². The summed E-state index contributed by atoms with van der Waals surface area (Å²) in [5.41, 5.74) is -1.68. The molecule has 2 rings (SSSR count). The molecule has 26 heavy (non-hydrogen) atoms. The fourth-order valence-electron chi connectivity index (χ4n) is 2.69. The molecule has 2 atom stereocenters. The Hall–Kier alpha value is -2.06. The van der Waals surface area contributed by atoms with Gasteiger partial charge in [-0.15, -0.1) is 0 Å². The van der Waals surface area contributed by atoms with E-state index in [1.807, 2.05) is 0 Å². The summed E-state index contributed by atoms with van der Waals surface area (Å²) in [7, 11) is 0. The van der Waals surface area contributed by atoms with Gasteiger partial charge < -0.3 is 14.4 Å². The largest absolute Gasteiger partial charge is 0.474 e. The normalized spacial score (nSPS) is 21.4. The minimum absolute atomic E-state index is 0.0136. The predicted octanol–water partition coefficient (Wildman–Crippen LogP) is 3.91. The molecule has 6 nitrogen and oxygen atoms in total. The molecule has 0 unspecified atom stereocenters. The van der Waals surface area contributed by atoms with Crippen molar-refractivity contribution in [2.45, 2.75) is 58.4 Å². The third-order valence-electron chi connectivity index (χ3n) is 3.95. The quantitative estimate of drug-likeness (QED) is 0.801. The number of carbonyl (C=O) groups is 1. The van der Waals surface area contributed by atoms with Crippen molar-refractivity contribution < 1.29 is 27.4 Å². The van der Waals surface area contributed by atoms with Crippen molar-refractivity contribution in [2.24, 2.45) is 5.92 Å². The summed E-state index contributed by atoms with van der Waals surface area (Å²) in [4.78, 5) is 21.0. The van der Waals surface area contributed by atoms with Crippen LogP contribution in [0.25, 0.3) is 0 Å². The Morgan fingerprint density at radius 3 is 2.50 bits per heavy atom. The molecule has 146 valence electrons. The zero-order valence-electron chi connectivity index (χ0n) is 15.3. The van der Waals surface area contributed by atoms with Crippen LogP contribution in [0.3, 0.4) is 0 Å². The zero-order valence-corrected chi connectivity index (χ0v) is 15.3. The molecule has 0 aliphatic carbocycles. The average molecular weight is 375 g/mol. The van der Waals surface area contributed by atoms with Gasteiger partial charge in [-0.3, -0.25) is 0 Å². The molecule has 0 aromatic carbocycles. The second kappa shape index (κ2) is 7.67. The number of likely N-dealkylation sites (tertiary alicyclic amines) is 1. The number of amides is 1. The standard InChI is InChI=1S/C17H24F3N3O3/c1-11-5-6-23(15(24)26-16(2,3)4)12(7-11)10-25-14-9-21-13(8-22-14)17(18,19)20/h8-9,11-12H,5-7,10H2,1-4H3/t11-,12-/m0/s1. The lowest BCUT2D eigenvalue weighted by Gasteiger charge is -2.38. The Morgan fingerprint density at radius 1 is 1.27 bits per heavy atom. The van der Waals surface area contributed by atoms with Gasteiger partial charge in [0.05, 0.1) is 18.4 Å². The molecular weight excluding hydrogens is 351 g/mol. The molecule has 0 bridgehead atoms. The highest BCUT2D eigenvalue weighted by atomic mass is 19.4. The van der Waals surface area contributed by atoms with Crippen molar-refractivity contribution in [3.8, 4) is 5.88 Å². The maximum absolute atomic E-state index is 12.5. The van der Waals surface area contributed by atoms with E-state index in [-0.39, 0.29) is 18.5 Å². The molecule has 0 N–H and O–H groups in total. The number of carbonyl (C=O) groups excluding carboxylic acids is 1. The third kappa shape index (κ3) is 5.74. The highest BCUT2D eigenvalue weighted by molar-refractivity contribution is 5.68. The van der Waals surface area contributed by atoms with E-state index in [0.717, 1.165) is 12.6 Å². The fourth-order valence-corrected chi connectivity index (χ4v) is 2.69. The molecule has 1 amide bonds. The summed E-state index contributed by atoms with van der Waals surface area (Å²) in [6, 6.07) is -0.238. The number of ether oxygens (including phenoxy) is 2. The summed E-state index contributed by atoms with van der Waals surface area (Å²) in [6.07, 6.45) is -1.82. The first kappa shape index (κ1) is 20.3. The van der Waals surface area contributed by atoms with E-state index >= 15 is 0 Å². The zero-order chi connectivity index (χ0) is 19.5. The van der Waals surface area contributed by atoms with Crippen LogP contribution in [0.4, 0.5) is 18.0 Å². The van der Waals surface area contributed by atoms with Crippen LogP contribution in [-0.2, 0) is 10.9 Å². The number of aromatic nitrogens is 2. The molecule has 1 fully saturated rings. The van der Waals surface area contributed by atoms with Crippen molar-refractivity contribution in [1.29, 1.82) is 0 Å². The predicted molar refractivity (Wildman–Crippen MR) is 87.7 cm³/mol. The number of piperidine rings is 1. The Kier molecular flexibility index (Phi) is 5.98. The first-order chi connectivity index (χ1) is 12.0. The lowest BCUT2D eigenvalue weighted by Crippen LogP contribution is -2.50. The number of nitrogens with zero attached hydrogens (tertiary/aromatic N) is 3. The van der Waals surface area contributed by atoms with Crippen LogP contribution in [0, 0.1) is 5.92 Å². The first-order valence-corrected chi connectivity index (χ1v) is 8.47. The molecule has 1 aromatic rings. The van der Waals surface area contributed by atoms with Gasteiger partial charge in [0.25, 0.3) is 0 Å². The smallest absolute Gasteiger partial charge is 0.434 e. The van der Waals surface area contributed by atoms with Crippen molar-refractivity contribution >= 4 is 6.09 Å². The van der Waals surface area contributed by atoms with E-state index in [4.69, 9.17) is 9.47 Å². The highest BCUT2D eigenvalue weighted by Gasteiger charge is 2.34. The molecule has 1 saturated heterocycles. The van der Waals surface area contributed by atoms with Crippen molar-refractivity contribution in [1.82, 2.24) is 14.9 Å². The maximum Gasteiger partial charge on any atom is 0.434 e. The minimum Gasteiger partial charge on any atom is -0.474 e. The Bertz CT molecular complexity index is 614. The highest BCUT2D eigenvalue weighted by Crippen LogP contribution is 2.28. The maximum atomic E-state index is 12.5. The lowest BCUT2D eigenvalue weighted by molar-refractivity contribution is -0.141. The van der Waals surface area contributed by atoms with Gasteiger partial charge in [-0.2, -0.15) is 13.2 Å². The minimum atomic E-state index is -4.54. The number of alkyl halides is 3. The van der Waals surface area contributed by atoms with Crippen LogP contribution in [0.1, 0.15) is 46.2 Å². The van der Waals surface area contributed by atoms with Crippen molar-refractivity contribution in [2.75, 3.05) is 13.2 Å². The number of hydrogen-bond acceptors (Lipinski definition) is 5. The molecule has 0 radical (unpaired) electrons. The SMILES string of the molecule is C[C@H]1CCN(C(=O)OC(C)(C)C)[C@H](COc2cnc(C(F)(F)F)cn2)C1. The second-order valence-corrected chi connectivity index (χ2v) is 7.51. The van der Waals surface area contributed by atoms with Crippen LogP contribution in [0.2, 0.25) is 0 Å². The molecular formula is C17H24F3N3O3. The Labute approximate surface area is 150 Å². The van der Waals surface area contributed by atoms with E-state index in [0.29, 0.717) is 25.1 Å². The van der Waals surface area contributed by atoms with E-state index in [2.05, 4.69) is 16.9 Å². The van der Waals surface area contributed by atoms with E-state index in [1.54, 1.807) is 25.7 Å². The summed E-state index contributed by atoms with van der Waals surface area (Å²) in [5, 5.41) is 0. The van der Waals surface area contributed by atoms with Crippen LogP contribution in [0.15, 0.2) is 12.4 Å². The van der Waals surface area contributed by atoms with Crippen molar-refractivity contribution in [3.63, 3.8) is 0 Å². The molecule has 0 spiro atoms. The number of rotatable bonds is 3. The summed E-state index contributed by atoms with van der Waals surface area (Å²) >= 11 is 0. The van der Waals surface area contributed by atoms with Gasteiger partial charge >= 0.3 is 12.3 Å². The molecule has 1 aliphatic heterocycles. The number of halogens is 3. The molecule has 1 aromatic heterocycles. The Balaban J connectivity index is 2.01. The summed E-state index contributed by atoms with van der Waals surface area (Å²) in [6.45, 7) is 8.12. The number of hydrogen-bond donors (Lipinski definition) is 0. The van der Waals surface area contributed by atoms with Crippen LogP contribution >= 0.6 is 0 Å². The van der Waals surface area contributed by atoms with Gasteiger partial charge in [-0.1, -0.05) is 6.92 Å². The van der Waals surface area contributed by atoms with Crippen LogP contribution in [0.5, 0.6) is 5.88 Å². The van der Waals surface area contributed by atoms with E-state index < -0.39 is 23.6 Å². The first-order valence-electron chi connectivity index (χ1n) is 8.47. The van der Waals surface area contributed by atoms with Gasteiger partial charge in [0.15, 0.2) is 5.69 Å². The molecule has 9 heteroatoms. The second-order valence-electron chi connectivity index (χ2n) is 7.51. The van der Waals surface area contributed by atoms with Gasteiger partial charge in [0, 0.05) is 6.54 Å². The van der Waals surface area contributed by atoms with Crippen LogP contribution in [-0.4, -0.2) is 45.8 Å². The van der Waals surface area contributed by atoms with Gasteiger partial charge in [-0.25, -0.2) is 14.8 Å². The third-order valence-corrected chi connectivity index (χ3v) is 3.95. The molecule has 2 heterocycles. The van der Waals surface area contributed by atoms with Gasteiger partial charge in [0.1, 0.15) is 12.2 Å². The summed E-state index contributed by atoms with van der Waals surface area (Å²) in [5.74, 6) is 0.390. The van der Waals surface area contributed by atoms with Crippen molar-refractivity contribution in [3.05, 3.63) is 18.1 Å². The van der Waals surface area contributed by atoms with E-state index in [1.165, 1.54) is 0 Å². The summed E-state index contributed by atoms with van der Waals surface area (Å²) < 4.78 is 48.4. The Morgan fingerprint density at radius 2 is 1.96 bits per heavy atom.